The number of aryl methyl sites for hydroxylation is 1. The van der Waals surface area contributed by atoms with Crippen LogP contribution in [0, 0.1) is 19.3 Å². The van der Waals surface area contributed by atoms with Crippen LogP contribution in [0.4, 0.5) is 0 Å². The molecule has 0 spiro atoms. The second-order valence-electron chi connectivity index (χ2n) is 15.7. The number of nitrogens with zero attached hydrogens (tertiary/aromatic N) is 4. The van der Waals surface area contributed by atoms with Gasteiger partial charge >= 0.3 is 0 Å². The van der Waals surface area contributed by atoms with Crippen LogP contribution in [0.5, 0.6) is 11.5 Å². The van der Waals surface area contributed by atoms with E-state index in [2.05, 4.69) is 145 Å². The zero-order valence-electron chi connectivity index (χ0n) is 31.4. The van der Waals surface area contributed by atoms with Gasteiger partial charge in [-0.3, -0.25) is 4.57 Å². The number of rotatable bonds is 10. The first-order chi connectivity index (χ1) is 24.5. The van der Waals surface area contributed by atoms with Crippen molar-refractivity contribution in [1.29, 1.82) is 0 Å². The Morgan fingerprint density at radius 2 is 1.51 bits per heavy atom. The van der Waals surface area contributed by atoms with Gasteiger partial charge in [0, 0.05) is 40.4 Å². The third-order valence-electron chi connectivity index (χ3n) is 10.2. The summed E-state index contributed by atoms with van der Waals surface area (Å²) < 4.78 is 10.9. The SMILES string of the molecule is Cc1nn(-c2cccc(Oc3ccc4c5cc(C(C)CCCC(C)(C)C)ccc5n(-c5cc(C(C)C)ccn5)c4c3)c2)c(C)c1-c1ccccc1. The van der Waals surface area contributed by atoms with E-state index in [9.17, 15) is 0 Å². The van der Waals surface area contributed by atoms with Crippen molar-refractivity contribution >= 4 is 21.8 Å². The molecular weight excluding hydrogens is 625 g/mol. The molecule has 0 saturated carbocycles. The average molecular weight is 675 g/mol. The van der Waals surface area contributed by atoms with Gasteiger partial charge in [0.05, 0.1) is 22.4 Å². The number of aromatic nitrogens is 4. The second kappa shape index (κ2) is 13.9. The second-order valence-corrected chi connectivity index (χ2v) is 15.7. The molecule has 5 nitrogen and oxygen atoms in total. The Morgan fingerprint density at radius 1 is 0.725 bits per heavy atom. The summed E-state index contributed by atoms with van der Waals surface area (Å²) in [4.78, 5) is 4.90. The van der Waals surface area contributed by atoms with Crippen molar-refractivity contribution in [2.45, 2.75) is 86.5 Å². The monoisotopic (exact) mass is 674 g/mol. The molecule has 0 bridgehead atoms. The van der Waals surface area contributed by atoms with E-state index in [1.165, 1.54) is 46.7 Å². The van der Waals surface area contributed by atoms with Crippen LogP contribution in [0.3, 0.4) is 0 Å². The Kier molecular flexibility index (Phi) is 9.32. The van der Waals surface area contributed by atoms with E-state index in [1.54, 1.807) is 0 Å². The van der Waals surface area contributed by atoms with Crippen LogP contribution in [0.15, 0.2) is 109 Å². The first kappa shape index (κ1) is 34.3. The molecule has 0 amide bonds. The Balaban J connectivity index is 1.27. The molecule has 0 aliphatic rings. The Labute approximate surface area is 302 Å². The molecule has 4 aromatic carbocycles. The lowest BCUT2D eigenvalue weighted by molar-refractivity contribution is 0.354. The minimum Gasteiger partial charge on any atom is -0.457 e. The van der Waals surface area contributed by atoms with E-state index >= 15 is 0 Å². The normalized spacial score (nSPS) is 12.6. The Hall–Kier alpha value is -5.16. The molecule has 7 rings (SSSR count). The molecule has 0 aliphatic carbocycles. The average Bonchev–Trinajstić information content (AvgIpc) is 3.60. The fraction of sp³-hybridized carbons (Fsp3) is 0.304. The highest BCUT2D eigenvalue weighted by Gasteiger charge is 2.19. The highest BCUT2D eigenvalue weighted by molar-refractivity contribution is 6.09. The van der Waals surface area contributed by atoms with Gasteiger partial charge < -0.3 is 4.74 Å². The van der Waals surface area contributed by atoms with Crippen LogP contribution in [0.1, 0.15) is 95.2 Å². The summed E-state index contributed by atoms with van der Waals surface area (Å²) in [5.41, 5.74) is 10.6. The van der Waals surface area contributed by atoms with Gasteiger partial charge in [0.15, 0.2) is 0 Å². The third-order valence-corrected chi connectivity index (χ3v) is 10.2. The molecule has 7 aromatic rings. The minimum absolute atomic E-state index is 0.360. The number of hydrogen-bond donors (Lipinski definition) is 0. The molecular formula is C46H50N4O. The zero-order valence-corrected chi connectivity index (χ0v) is 31.4. The molecule has 1 atom stereocenters. The van der Waals surface area contributed by atoms with E-state index in [0.29, 0.717) is 17.3 Å². The molecule has 0 radical (unpaired) electrons. The summed E-state index contributed by atoms with van der Waals surface area (Å²) in [5, 5.41) is 7.37. The van der Waals surface area contributed by atoms with Crippen molar-refractivity contribution in [2.24, 2.45) is 5.41 Å². The molecule has 260 valence electrons. The van der Waals surface area contributed by atoms with E-state index in [0.717, 1.165) is 51.0 Å². The molecule has 5 heteroatoms. The van der Waals surface area contributed by atoms with Crippen molar-refractivity contribution in [1.82, 2.24) is 19.3 Å². The quantitative estimate of drug-likeness (QED) is 0.145. The summed E-state index contributed by atoms with van der Waals surface area (Å²) in [6.45, 7) is 18.0. The third kappa shape index (κ3) is 7.08. The zero-order chi connectivity index (χ0) is 35.9. The van der Waals surface area contributed by atoms with Gasteiger partial charge in [0.25, 0.3) is 0 Å². The molecule has 1 unspecified atom stereocenters. The number of hydrogen-bond acceptors (Lipinski definition) is 3. The summed E-state index contributed by atoms with van der Waals surface area (Å²) in [7, 11) is 0. The van der Waals surface area contributed by atoms with Gasteiger partial charge in [0.1, 0.15) is 17.3 Å². The van der Waals surface area contributed by atoms with E-state index in [-0.39, 0.29) is 0 Å². The number of benzene rings is 4. The lowest BCUT2D eigenvalue weighted by Gasteiger charge is -2.19. The van der Waals surface area contributed by atoms with Gasteiger partial charge in [-0.2, -0.15) is 5.10 Å². The maximum atomic E-state index is 6.62. The predicted octanol–water partition coefficient (Wildman–Crippen LogP) is 12.9. The highest BCUT2D eigenvalue weighted by Crippen LogP contribution is 2.38. The summed E-state index contributed by atoms with van der Waals surface area (Å²) >= 11 is 0. The van der Waals surface area contributed by atoms with Crippen molar-refractivity contribution in [3.8, 4) is 34.1 Å². The molecule has 51 heavy (non-hydrogen) atoms. The summed E-state index contributed by atoms with van der Waals surface area (Å²) in [5.74, 6) is 3.34. The summed E-state index contributed by atoms with van der Waals surface area (Å²) in [6, 6.07) is 36.5. The van der Waals surface area contributed by atoms with Gasteiger partial charge in [0.2, 0.25) is 0 Å². The maximum Gasteiger partial charge on any atom is 0.137 e. The lowest BCUT2D eigenvalue weighted by atomic mass is 9.86. The van der Waals surface area contributed by atoms with Crippen molar-refractivity contribution in [3.05, 3.63) is 132 Å². The smallest absolute Gasteiger partial charge is 0.137 e. The molecule has 0 fully saturated rings. The van der Waals surface area contributed by atoms with Crippen molar-refractivity contribution < 1.29 is 4.74 Å². The van der Waals surface area contributed by atoms with Gasteiger partial charge in [-0.1, -0.05) is 90.4 Å². The van der Waals surface area contributed by atoms with E-state index in [1.807, 2.05) is 29.1 Å². The van der Waals surface area contributed by atoms with Crippen LogP contribution >= 0.6 is 0 Å². The topological polar surface area (TPSA) is 44.9 Å². The summed E-state index contributed by atoms with van der Waals surface area (Å²) in [6.07, 6.45) is 5.58. The minimum atomic E-state index is 0.360. The first-order valence-corrected chi connectivity index (χ1v) is 18.4. The molecule has 0 N–H and O–H groups in total. The van der Waals surface area contributed by atoms with Crippen LogP contribution < -0.4 is 4.74 Å². The standard InChI is InChI=1S/C46H50N4O/c1-30(2)35-23-25-47-44(27-35)49-42-22-19-36(31(3)14-13-24-46(6,7)8)26-41(42)40-21-20-39(29-43(40)49)51-38-18-12-17-37(28-38)50-33(5)45(32(4)48-50)34-15-10-9-11-16-34/h9-12,15-23,25-31H,13-14,24H2,1-8H3. The van der Waals surface area contributed by atoms with Crippen LogP contribution in [-0.4, -0.2) is 19.3 Å². The largest absolute Gasteiger partial charge is 0.457 e. The van der Waals surface area contributed by atoms with Crippen LogP contribution in [-0.2, 0) is 0 Å². The number of ether oxygens (including phenoxy) is 1. The number of fused-ring (bicyclic) bond motifs is 3. The van der Waals surface area contributed by atoms with Crippen LogP contribution in [0.2, 0.25) is 0 Å². The highest BCUT2D eigenvalue weighted by atomic mass is 16.5. The molecule has 3 aromatic heterocycles. The van der Waals surface area contributed by atoms with E-state index in [4.69, 9.17) is 14.8 Å². The van der Waals surface area contributed by atoms with Crippen molar-refractivity contribution in [2.75, 3.05) is 0 Å². The number of pyridine rings is 1. The predicted molar refractivity (Wildman–Crippen MR) is 213 cm³/mol. The molecule has 3 heterocycles. The van der Waals surface area contributed by atoms with Gasteiger partial charge in [-0.15, -0.1) is 0 Å². The Bertz CT molecular complexity index is 2320. The Morgan fingerprint density at radius 3 is 2.27 bits per heavy atom. The van der Waals surface area contributed by atoms with Gasteiger partial charge in [-0.05, 0) is 109 Å². The fourth-order valence-corrected chi connectivity index (χ4v) is 7.39. The van der Waals surface area contributed by atoms with Crippen molar-refractivity contribution in [3.63, 3.8) is 0 Å². The maximum absolute atomic E-state index is 6.62. The fourth-order valence-electron chi connectivity index (χ4n) is 7.39. The lowest BCUT2D eigenvalue weighted by Crippen LogP contribution is -2.05. The molecule has 0 aliphatic heterocycles. The molecule has 0 saturated heterocycles. The first-order valence-electron chi connectivity index (χ1n) is 18.4. The van der Waals surface area contributed by atoms with E-state index < -0.39 is 0 Å². The van der Waals surface area contributed by atoms with Gasteiger partial charge in [-0.25, -0.2) is 9.67 Å². The van der Waals surface area contributed by atoms with Crippen LogP contribution in [0.25, 0.3) is 44.4 Å².